The first-order chi connectivity index (χ1) is 7.68. The predicted octanol–water partition coefficient (Wildman–Crippen LogP) is 1.33. The second-order valence-electron chi connectivity index (χ2n) is 4.19. The number of amides is 1. The van der Waals surface area contributed by atoms with Crippen molar-refractivity contribution in [1.29, 1.82) is 0 Å². The molecular formula is C12H16N2O2. The van der Waals surface area contributed by atoms with Crippen molar-refractivity contribution >= 4 is 5.91 Å². The second-order valence-corrected chi connectivity index (χ2v) is 4.19. The van der Waals surface area contributed by atoms with Gasteiger partial charge in [-0.05, 0) is 26.0 Å². The van der Waals surface area contributed by atoms with Crippen LogP contribution in [0.3, 0.4) is 0 Å². The maximum absolute atomic E-state index is 12.2. The summed E-state index contributed by atoms with van der Waals surface area (Å²) in [5.74, 6) is 0.0377. The highest BCUT2D eigenvalue weighted by Gasteiger charge is 2.28. The Labute approximate surface area is 95.2 Å². The standard InChI is InChI=1S/C12H16N2O2/c1-9-8-16-10(2)7-14(9)12(15)11-4-3-5-13-6-11/h3-6,9-10H,7-8H2,1-2H3. The van der Waals surface area contributed by atoms with Gasteiger partial charge in [-0.3, -0.25) is 9.78 Å². The molecule has 0 aliphatic carbocycles. The molecule has 0 radical (unpaired) electrons. The summed E-state index contributed by atoms with van der Waals surface area (Å²) in [6.45, 7) is 5.23. The summed E-state index contributed by atoms with van der Waals surface area (Å²) >= 11 is 0. The first-order valence-electron chi connectivity index (χ1n) is 5.51. The Morgan fingerprint density at radius 3 is 3.06 bits per heavy atom. The highest BCUT2D eigenvalue weighted by molar-refractivity contribution is 5.94. The van der Waals surface area contributed by atoms with E-state index in [-0.39, 0.29) is 18.1 Å². The Morgan fingerprint density at radius 2 is 2.38 bits per heavy atom. The largest absolute Gasteiger partial charge is 0.375 e. The third-order valence-corrected chi connectivity index (χ3v) is 2.78. The van der Waals surface area contributed by atoms with Gasteiger partial charge in [-0.15, -0.1) is 0 Å². The summed E-state index contributed by atoms with van der Waals surface area (Å²) < 4.78 is 5.50. The Hall–Kier alpha value is -1.42. The third kappa shape index (κ3) is 2.22. The van der Waals surface area contributed by atoms with Crippen molar-refractivity contribution in [2.45, 2.75) is 26.0 Å². The molecule has 16 heavy (non-hydrogen) atoms. The molecule has 2 atom stereocenters. The molecule has 1 aliphatic rings. The Kier molecular flexibility index (Phi) is 3.19. The van der Waals surface area contributed by atoms with E-state index in [4.69, 9.17) is 4.74 Å². The lowest BCUT2D eigenvalue weighted by atomic mass is 10.1. The van der Waals surface area contributed by atoms with E-state index in [1.807, 2.05) is 18.7 Å². The molecule has 2 unspecified atom stereocenters. The molecular weight excluding hydrogens is 204 g/mol. The molecule has 0 bridgehead atoms. The Bertz CT molecular complexity index is 367. The number of morpholine rings is 1. The molecule has 0 saturated carbocycles. The smallest absolute Gasteiger partial charge is 0.255 e. The number of aromatic nitrogens is 1. The molecule has 0 aromatic carbocycles. The maximum Gasteiger partial charge on any atom is 0.255 e. The van der Waals surface area contributed by atoms with Gasteiger partial charge in [-0.2, -0.15) is 0 Å². The van der Waals surface area contributed by atoms with Crippen molar-refractivity contribution in [3.63, 3.8) is 0 Å². The average molecular weight is 220 g/mol. The third-order valence-electron chi connectivity index (χ3n) is 2.78. The first-order valence-corrected chi connectivity index (χ1v) is 5.51. The van der Waals surface area contributed by atoms with Crippen molar-refractivity contribution in [2.75, 3.05) is 13.2 Å². The monoisotopic (exact) mass is 220 g/mol. The van der Waals surface area contributed by atoms with Crippen LogP contribution in [-0.4, -0.2) is 41.1 Å². The Morgan fingerprint density at radius 1 is 1.56 bits per heavy atom. The lowest BCUT2D eigenvalue weighted by molar-refractivity contribution is -0.0387. The average Bonchev–Trinajstić information content (AvgIpc) is 2.32. The zero-order valence-electron chi connectivity index (χ0n) is 9.59. The van der Waals surface area contributed by atoms with Crippen LogP contribution >= 0.6 is 0 Å². The second kappa shape index (κ2) is 4.61. The van der Waals surface area contributed by atoms with Crippen LogP contribution in [0.5, 0.6) is 0 Å². The summed E-state index contributed by atoms with van der Waals surface area (Å²) in [6.07, 6.45) is 3.38. The van der Waals surface area contributed by atoms with E-state index < -0.39 is 0 Å². The van der Waals surface area contributed by atoms with Crippen molar-refractivity contribution in [2.24, 2.45) is 0 Å². The molecule has 1 aromatic rings. The predicted molar refractivity (Wildman–Crippen MR) is 60.1 cm³/mol. The number of rotatable bonds is 1. The van der Waals surface area contributed by atoms with E-state index in [1.165, 1.54) is 0 Å². The first kappa shape index (κ1) is 11.1. The van der Waals surface area contributed by atoms with E-state index in [9.17, 15) is 4.79 Å². The molecule has 4 heteroatoms. The van der Waals surface area contributed by atoms with Crippen molar-refractivity contribution < 1.29 is 9.53 Å². The van der Waals surface area contributed by atoms with Crippen molar-refractivity contribution in [3.05, 3.63) is 30.1 Å². The fourth-order valence-corrected chi connectivity index (χ4v) is 1.84. The van der Waals surface area contributed by atoms with E-state index >= 15 is 0 Å². The summed E-state index contributed by atoms with van der Waals surface area (Å²) in [5.41, 5.74) is 0.642. The van der Waals surface area contributed by atoms with Gasteiger partial charge in [0.2, 0.25) is 0 Å². The minimum absolute atomic E-state index is 0.0377. The molecule has 86 valence electrons. The van der Waals surface area contributed by atoms with E-state index in [2.05, 4.69) is 4.98 Å². The van der Waals surface area contributed by atoms with Gasteiger partial charge in [0.1, 0.15) is 0 Å². The van der Waals surface area contributed by atoms with Crippen LogP contribution in [0, 0.1) is 0 Å². The minimum atomic E-state index is 0.0377. The van der Waals surface area contributed by atoms with Crippen molar-refractivity contribution in [1.82, 2.24) is 9.88 Å². The lowest BCUT2D eigenvalue weighted by Crippen LogP contribution is -2.50. The summed E-state index contributed by atoms with van der Waals surface area (Å²) in [6, 6.07) is 3.70. The summed E-state index contributed by atoms with van der Waals surface area (Å²) in [4.78, 5) is 18.0. The zero-order valence-corrected chi connectivity index (χ0v) is 9.59. The van der Waals surface area contributed by atoms with Gasteiger partial charge < -0.3 is 9.64 Å². The fraction of sp³-hybridized carbons (Fsp3) is 0.500. The van der Waals surface area contributed by atoms with Crippen LogP contribution < -0.4 is 0 Å². The molecule has 1 aromatic heterocycles. The highest BCUT2D eigenvalue weighted by Crippen LogP contribution is 2.14. The van der Waals surface area contributed by atoms with Gasteiger partial charge in [0.15, 0.2) is 0 Å². The van der Waals surface area contributed by atoms with Crippen LogP contribution in [-0.2, 0) is 4.74 Å². The molecule has 1 amide bonds. The van der Waals surface area contributed by atoms with E-state index in [0.717, 1.165) is 0 Å². The molecule has 1 fully saturated rings. The van der Waals surface area contributed by atoms with Crippen LogP contribution in [0.25, 0.3) is 0 Å². The zero-order chi connectivity index (χ0) is 11.5. The van der Waals surface area contributed by atoms with E-state index in [1.54, 1.807) is 24.5 Å². The van der Waals surface area contributed by atoms with Gasteiger partial charge in [0.05, 0.1) is 24.3 Å². The fourth-order valence-electron chi connectivity index (χ4n) is 1.84. The van der Waals surface area contributed by atoms with Gasteiger partial charge >= 0.3 is 0 Å². The highest BCUT2D eigenvalue weighted by atomic mass is 16.5. The number of nitrogens with zero attached hydrogens (tertiary/aromatic N) is 2. The molecule has 0 N–H and O–H groups in total. The number of hydrogen-bond acceptors (Lipinski definition) is 3. The van der Waals surface area contributed by atoms with Gasteiger partial charge in [-0.1, -0.05) is 0 Å². The van der Waals surface area contributed by atoms with Gasteiger partial charge in [0.25, 0.3) is 5.91 Å². The Balaban J connectivity index is 2.15. The number of carbonyl (C=O) groups is 1. The number of pyridine rings is 1. The molecule has 1 aliphatic heterocycles. The normalized spacial score (nSPS) is 25.5. The minimum Gasteiger partial charge on any atom is -0.375 e. The number of carbonyl (C=O) groups excluding carboxylic acids is 1. The van der Waals surface area contributed by atoms with Crippen LogP contribution in [0.2, 0.25) is 0 Å². The van der Waals surface area contributed by atoms with Crippen LogP contribution in [0.15, 0.2) is 24.5 Å². The maximum atomic E-state index is 12.2. The number of ether oxygens (including phenoxy) is 1. The summed E-state index contributed by atoms with van der Waals surface area (Å²) in [7, 11) is 0. The van der Waals surface area contributed by atoms with Crippen LogP contribution in [0.1, 0.15) is 24.2 Å². The summed E-state index contributed by atoms with van der Waals surface area (Å²) in [5, 5.41) is 0. The topological polar surface area (TPSA) is 42.4 Å². The van der Waals surface area contributed by atoms with Crippen molar-refractivity contribution in [3.8, 4) is 0 Å². The van der Waals surface area contributed by atoms with Gasteiger partial charge in [0, 0.05) is 18.9 Å². The lowest BCUT2D eigenvalue weighted by Gasteiger charge is -2.36. The quantitative estimate of drug-likeness (QED) is 0.717. The molecule has 2 heterocycles. The van der Waals surface area contributed by atoms with Gasteiger partial charge in [-0.25, -0.2) is 0 Å². The molecule has 4 nitrogen and oxygen atoms in total. The molecule has 0 spiro atoms. The van der Waals surface area contributed by atoms with E-state index in [0.29, 0.717) is 18.7 Å². The molecule has 1 saturated heterocycles. The van der Waals surface area contributed by atoms with Crippen LogP contribution in [0.4, 0.5) is 0 Å². The molecule has 2 rings (SSSR count). The number of hydrogen-bond donors (Lipinski definition) is 0. The SMILES string of the molecule is CC1CN(C(=O)c2cccnc2)C(C)CO1.